The molecular formula is C20H21N3O4. The normalized spacial score (nSPS) is 21.6. The summed E-state index contributed by atoms with van der Waals surface area (Å²) < 4.78 is 11.8. The third-order valence-corrected chi connectivity index (χ3v) is 4.92. The molecule has 1 spiro atoms. The van der Waals surface area contributed by atoms with Gasteiger partial charge in [0, 0.05) is 12.7 Å². The average Bonchev–Trinajstić information content (AvgIpc) is 2.84. The molecule has 0 radical (unpaired) electrons. The third-order valence-electron chi connectivity index (χ3n) is 4.92. The highest BCUT2D eigenvalue weighted by Crippen LogP contribution is 2.32. The Morgan fingerprint density at radius 2 is 2.19 bits per heavy atom. The Kier molecular flexibility index (Phi) is 4.66. The van der Waals surface area contributed by atoms with Gasteiger partial charge in [0.2, 0.25) is 0 Å². The van der Waals surface area contributed by atoms with Crippen molar-refractivity contribution in [1.82, 2.24) is 15.2 Å². The van der Waals surface area contributed by atoms with E-state index in [1.54, 1.807) is 41.6 Å². The highest BCUT2D eigenvalue weighted by Gasteiger charge is 2.42. The second-order valence-electron chi connectivity index (χ2n) is 6.86. The molecule has 0 unspecified atom stereocenters. The molecule has 1 aromatic heterocycles. The van der Waals surface area contributed by atoms with Crippen LogP contribution in [0.2, 0.25) is 0 Å². The maximum absolute atomic E-state index is 12.6. The number of pyridine rings is 1. The van der Waals surface area contributed by atoms with Crippen molar-refractivity contribution in [3.8, 4) is 11.5 Å². The Morgan fingerprint density at radius 3 is 3.04 bits per heavy atom. The Morgan fingerprint density at radius 1 is 1.30 bits per heavy atom. The van der Waals surface area contributed by atoms with E-state index in [4.69, 9.17) is 9.47 Å². The standard InChI is InChI=1S/C20H21N3O4/c24-18(12-26-15-5-3-9-21-11-15)23-10-4-8-20(14-23)13-22-19(25)16-6-1-2-7-17(16)27-20/h1-3,5-7,9,11H,4,8,10,12-14H2,(H,22,25)/t20-/m0/s1. The van der Waals surface area contributed by atoms with E-state index in [-0.39, 0.29) is 18.4 Å². The molecule has 7 heteroatoms. The van der Waals surface area contributed by atoms with Crippen LogP contribution in [0.15, 0.2) is 48.8 Å². The number of piperidine rings is 1. The first-order valence-corrected chi connectivity index (χ1v) is 9.02. The van der Waals surface area contributed by atoms with Crippen molar-refractivity contribution in [1.29, 1.82) is 0 Å². The molecule has 4 rings (SSSR count). The molecule has 0 bridgehead atoms. The average molecular weight is 367 g/mol. The topological polar surface area (TPSA) is 80.8 Å². The smallest absolute Gasteiger partial charge is 0.260 e. The molecule has 1 atom stereocenters. The number of hydrogen-bond acceptors (Lipinski definition) is 5. The largest absolute Gasteiger partial charge is 0.483 e. The number of ether oxygens (including phenoxy) is 2. The van der Waals surface area contributed by atoms with Crippen LogP contribution < -0.4 is 14.8 Å². The van der Waals surface area contributed by atoms with Gasteiger partial charge in [0.15, 0.2) is 6.61 Å². The zero-order valence-electron chi connectivity index (χ0n) is 14.9. The third kappa shape index (κ3) is 3.72. The summed E-state index contributed by atoms with van der Waals surface area (Å²) >= 11 is 0. The number of amides is 2. The minimum absolute atomic E-state index is 0.0509. The fourth-order valence-electron chi connectivity index (χ4n) is 3.56. The maximum atomic E-state index is 12.6. The van der Waals surface area contributed by atoms with Crippen molar-refractivity contribution in [2.75, 3.05) is 26.2 Å². The van der Waals surface area contributed by atoms with Gasteiger partial charge < -0.3 is 19.7 Å². The van der Waals surface area contributed by atoms with E-state index in [9.17, 15) is 9.59 Å². The molecule has 1 aromatic carbocycles. The van der Waals surface area contributed by atoms with Crippen molar-refractivity contribution in [3.05, 3.63) is 54.4 Å². The van der Waals surface area contributed by atoms with Crippen molar-refractivity contribution in [3.63, 3.8) is 0 Å². The van der Waals surface area contributed by atoms with Gasteiger partial charge in [0.1, 0.15) is 17.1 Å². The van der Waals surface area contributed by atoms with Gasteiger partial charge >= 0.3 is 0 Å². The highest BCUT2D eigenvalue weighted by molar-refractivity contribution is 5.97. The molecule has 2 amide bonds. The lowest BCUT2D eigenvalue weighted by atomic mass is 9.92. The number of carbonyl (C=O) groups is 2. The van der Waals surface area contributed by atoms with E-state index >= 15 is 0 Å². The van der Waals surface area contributed by atoms with Gasteiger partial charge in [-0.15, -0.1) is 0 Å². The molecule has 2 aromatic rings. The summed E-state index contributed by atoms with van der Waals surface area (Å²) in [5, 5.41) is 2.94. The number of nitrogens with zero attached hydrogens (tertiary/aromatic N) is 2. The van der Waals surface area contributed by atoms with E-state index in [0.29, 0.717) is 36.7 Å². The number of fused-ring (bicyclic) bond motifs is 1. The fourth-order valence-corrected chi connectivity index (χ4v) is 3.56. The van der Waals surface area contributed by atoms with Gasteiger partial charge in [-0.25, -0.2) is 0 Å². The Hall–Kier alpha value is -3.09. The Labute approximate surface area is 157 Å². The van der Waals surface area contributed by atoms with E-state index in [1.807, 2.05) is 12.1 Å². The van der Waals surface area contributed by atoms with E-state index < -0.39 is 5.60 Å². The van der Waals surface area contributed by atoms with Crippen molar-refractivity contribution in [2.24, 2.45) is 0 Å². The minimum Gasteiger partial charge on any atom is -0.483 e. The first-order valence-electron chi connectivity index (χ1n) is 9.02. The van der Waals surface area contributed by atoms with Crippen LogP contribution in [-0.4, -0.2) is 53.5 Å². The lowest BCUT2D eigenvalue weighted by Gasteiger charge is -2.42. The summed E-state index contributed by atoms with van der Waals surface area (Å²) in [6.07, 6.45) is 4.80. The number of aromatic nitrogens is 1. The fraction of sp³-hybridized carbons (Fsp3) is 0.350. The van der Waals surface area contributed by atoms with Gasteiger partial charge in [-0.1, -0.05) is 12.1 Å². The van der Waals surface area contributed by atoms with Crippen LogP contribution in [0.25, 0.3) is 0 Å². The van der Waals surface area contributed by atoms with Crippen LogP contribution in [0.1, 0.15) is 23.2 Å². The molecular weight excluding hydrogens is 346 g/mol. The molecule has 3 heterocycles. The zero-order valence-corrected chi connectivity index (χ0v) is 14.9. The lowest BCUT2D eigenvalue weighted by molar-refractivity contribution is -0.138. The Bertz CT molecular complexity index is 842. The second-order valence-corrected chi connectivity index (χ2v) is 6.86. The van der Waals surface area contributed by atoms with Crippen molar-refractivity contribution >= 4 is 11.8 Å². The van der Waals surface area contributed by atoms with Gasteiger partial charge in [0.05, 0.1) is 24.8 Å². The number of para-hydroxylation sites is 1. The van der Waals surface area contributed by atoms with Gasteiger partial charge in [-0.05, 0) is 37.1 Å². The lowest BCUT2D eigenvalue weighted by Crippen LogP contribution is -2.58. The Balaban J connectivity index is 1.46. The van der Waals surface area contributed by atoms with Crippen LogP contribution in [-0.2, 0) is 4.79 Å². The molecule has 2 aliphatic heterocycles. The minimum atomic E-state index is -0.621. The maximum Gasteiger partial charge on any atom is 0.260 e. The number of likely N-dealkylation sites (tertiary alicyclic amines) is 1. The van der Waals surface area contributed by atoms with Gasteiger partial charge in [-0.3, -0.25) is 14.6 Å². The molecule has 140 valence electrons. The number of hydrogen-bond donors (Lipinski definition) is 1. The van der Waals surface area contributed by atoms with Crippen LogP contribution in [0.4, 0.5) is 0 Å². The molecule has 1 fully saturated rings. The van der Waals surface area contributed by atoms with Gasteiger partial charge in [0.25, 0.3) is 11.8 Å². The first-order chi connectivity index (χ1) is 13.2. The van der Waals surface area contributed by atoms with Crippen molar-refractivity contribution in [2.45, 2.75) is 18.4 Å². The van der Waals surface area contributed by atoms with Crippen molar-refractivity contribution < 1.29 is 19.1 Å². The SMILES string of the molecule is O=C1NC[C@]2(CCCN(C(=O)COc3cccnc3)C2)Oc2ccccc21. The molecule has 7 nitrogen and oxygen atoms in total. The molecule has 1 N–H and O–H groups in total. The predicted molar refractivity (Wildman–Crippen MR) is 97.7 cm³/mol. The zero-order chi connectivity index (χ0) is 18.7. The molecule has 1 saturated heterocycles. The summed E-state index contributed by atoms with van der Waals surface area (Å²) in [5.41, 5.74) is -0.0949. The van der Waals surface area contributed by atoms with E-state index in [0.717, 1.165) is 12.8 Å². The number of carbonyl (C=O) groups excluding carboxylic acids is 2. The summed E-state index contributed by atoms with van der Waals surface area (Å²) in [5.74, 6) is 0.870. The molecule has 0 saturated carbocycles. The molecule has 0 aliphatic carbocycles. The van der Waals surface area contributed by atoms with Crippen LogP contribution in [0, 0.1) is 0 Å². The predicted octanol–water partition coefficient (Wildman–Crippen LogP) is 1.64. The van der Waals surface area contributed by atoms with E-state index in [2.05, 4.69) is 10.3 Å². The summed E-state index contributed by atoms with van der Waals surface area (Å²) in [4.78, 5) is 30.7. The summed E-state index contributed by atoms with van der Waals surface area (Å²) in [6.45, 7) is 1.38. The molecule has 27 heavy (non-hydrogen) atoms. The van der Waals surface area contributed by atoms with Gasteiger partial charge in [-0.2, -0.15) is 0 Å². The highest BCUT2D eigenvalue weighted by atomic mass is 16.5. The quantitative estimate of drug-likeness (QED) is 0.892. The summed E-state index contributed by atoms with van der Waals surface area (Å²) in [7, 11) is 0. The number of rotatable bonds is 3. The van der Waals surface area contributed by atoms with Crippen LogP contribution in [0.5, 0.6) is 11.5 Å². The second kappa shape index (κ2) is 7.26. The van der Waals surface area contributed by atoms with Crippen LogP contribution >= 0.6 is 0 Å². The monoisotopic (exact) mass is 367 g/mol. The number of nitrogens with one attached hydrogen (secondary N) is 1. The van der Waals surface area contributed by atoms with Crippen LogP contribution in [0.3, 0.4) is 0 Å². The summed E-state index contributed by atoms with van der Waals surface area (Å²) in [6, 6.07) is 10.7. The molecule has 2 aliphatic rings. The number of benzene rings is 1. The van der Waals surface area contributed by atoms with E-state index in [1.165, 1.54) is 0 Å². The first kappa shape index (κ1) is 17.3.